The van der Waals surface area contributed by atoms with Crippen molar-refractivity contribution in [2.45, 2.75) is 32.4 Å². The summed E-state index contributed by atoms with van der Waals surface area (Å²) in [6.07, 6.45) is 1.74. The second-order valence-corrected chi connectivity index (χ2v) is 6.82. The summed E-state index contributed by atoms with van der Waals surface area (Å²) < 4.78 is 13.0. The molecular formula is C21H25FN2O. The third-order valence-corrected chi connectivity index (χ3v) is 4.94. The molecule has 2 aromatic carbocycles. The van der Waals surface area contributed by atoms with Gasteiger partial charge in [-0.2, -0.15) is 0 Å². The maximum atomic E-state index is 13.0. The molecule has 25 heavy (non-hydrogen) atoms. The van der Waals surface area contributed by atoms with Crippen LogP contribution in [0.4, 0.5) is 4.39 Å². The van der Waals surface area contributed by atoms with Gasteiger partial charge in [-0.3, -0.25) is 9.69 Å². The van der Waals surface area contributed by atoms with Gasteiger partial charge in [-0.15, -0.1) is 0 Å². The maximum Gasteiger partial charge on any atom is 0.223 e. The predicted molar refractivity (Wildman–Crippen MR) is 97.4 cm³/mol. The second kappa shape index (κ2) is 8.26. The van der Waals surface area contributed by atoms with E-state index in [1.54, 1.807) is 0 Å². The molecule has 1 atom stereocenters. The largest absolute Gasteiger partial charge is 0.349 e. The molecule has 1 N–H and O–H groups in total. The van der Waals surface area contributed by atoms with Gasteiger partial charge in [0.2, 0.25) is 5.91 Å². The third kappa shape index (κ3) is 4.89. The van der Waals surface area contributed by atoms with Gasteiger partial charge in [0, 0.05) is 12.5 Å². The zero-order chi connectivity index (χ0) is 17.6. The number of hydrogen-bond donors (Lipinski definition) is 1. The number of nitrogens with one attached hydrogen (secondary N) is 1. The second-order valence-electron chi connectivity index (χ2n) is 6.82. The summed E-state index contributed by atoms with van der Waals surface area (Å²) in [6.45, 7) is 4.64. The first-order valence-corrected chi connectivity index (χ1v) is 8.94. The summed E-state index contributed by atoms with van der Waals surface area (Å²) in [5, 5.41) is 3.14. The van der Waals surface area contributed by atoms with Crippen LogP contribution in [0, 0.1) is 11.7 Å². The summed E-state index contributed by atoms with van der Waals surface area (Å²) in [5.41, 5.74) is 2.24. The summed E-state index contributed by atoms with van der Waals surface area (Å²) >= 11 is 0. The van der Waals surface area contributed by atoms with E-state index in [1.165, 1.54) is 12.1 Å². The fourth-order valence-corrected chi connectivity index (χ4v) is 3.36. The molecule has 1 aliphatic heterocycles. The van der Waals surface area contributed by atoms with Crippen molar-refractivity contribution in [1.29, 1.82) is 0 Å². The maximum absolute atomic E-state index is 13.0. The normalized spacial score (nSPS) is 17.2. The van der Waals surface area contributed by atoms with Crippen molar-refractivity contribution in [3.63, 3.8) is 0 Å². The highest BCUT2D eigenvalue weighted by Crippen LogP contribution is 2.21. The Hall–Kier alpha value is -2.20. The van der Waals surface area contributed by atoms with Crippen LogP contribution in [0.5, 0.6) is 0 Å². The Labute approximate surface area is 148 Å². The molecule has 1 fully saturated rings. The molecule has 0 aromatic heterocycles. The van der Waals surface area contributed by atoms with Crippen molar-refractivity contribution in [1.82, 2.24) is 10.2 Å². The van der Waals surface area contributed by atoms with Gasteiger partial charge in [0.05, 0.1) is 6.04 Å². The van der Waals surface area contributed by atoms with Gasteiger partial charge in [-0.1, -0.05) is 42.5 Å². The van der Waals surface area contributed by atoms with Crippen LogP contribution in [0.15, 0.2) is 54.6 Å². The average Bonchev–Trinajstić information content (AvgIpc) is 2.65. The summed E-state index contributed by atoms with van der Waals surface area (Å²) in [6, 6.07) is 16.7. The molecule has 0 radical (unpaired) electrons. The average molecular weight is 340 g/mol. The van der Waals surface area contributed by atoms with Gasteiger partial charge in [-0.25, -0.2) is 4.39 Å². The van der Waals surface area contributed by atoms with E-state index in [4.69, 9.17) is 0 Å². The first-order chi connectivity index (χ1) is 12.1. The van der Waals surface area contributed by atoms with E-state index in [2.05, 4.69) is 10.2 Å². The molecule has 0 saturated carbocycles. The molecule has 0 spiro atoms. The molecule has 1 amide bonds. The van der Waals surface area contributed by atoms with Gasteiger partial charge in [0.25, 0.3) is 0 Å². The Morgan fingerprint density at radius 3 is 2.40 bits per heavy atom. The van der Waals surface area contributed by atoms with Crippen molar-refractivity contribution < 1.29 is 9.18 Å². The highest BCUT2D eigenvalue weighted by atomic mass is 19.1. The number of piperidine rings is 1. The fraction of sp³-hybridized carbons (Fsp3) is 0.381. The van der Waals surface area contributed by atoms with Crippen LogP contribution >= 0.6 is 0 Å². The van der Waals surface area contributed by atoms with Gasteiger partial charge >= 0.3 is 0 Å². The highest BCUT2D eigenvalue weighted by molar-refractivity contribution is 5.79. The number of benzene rings is 2. The van der Waals surface area contributed by atoms with E-state index in [0.717, 1.165) is 43.6 Å². The molecule has 0 bridgehead atoms. The Kier molecular flexibility index (Phi) is 5.82. The van der Waals surface area contributed by atoms with Crippen molar-refractivity contribution in [3.8, 4) is 0 Å². The molecule has 3 rings (SSSR count). The van der Waals surface area contributed by atoms with Crippen molar-refractivity contribution >= 4 is 5.91 Å². The SMILES string of the molecule is C[C@@H](NC(=O)C1CCN(Cc2ccc(F)cc2)CC1)c1ccccc1. The molecule has 2 aromatic rings. The lowest BCUT2D eigenvalue weighted by atomic mass is 9.95. The first-order valence-electron chi connectivity index (χ1n) is 8.94. The smallest absolute Gasteiger partial charge is 0.223 e. The standard InChI is InChI=1S/C21H25FN2O/c1-16(18-5-3-2-4-6-18)23-21(25)19-11-13-24(14-12-19)15-17-7-9-20(22)10-8-17/h2-10,16,19H,11-15H2,1H3,(H,23,25)/t16-/m1/s1. The zero-order valence-corrected chi connectivity index (χ0v) is 14.6. The van der Waals surface area contributed by atoms with Gasteiger partial charge < -0.3 is 5.32 Å². The number of carbonyl (C=O) groups is 1. The minimum absolute atomic E-state index is 0.0333. The number of amides is 1. The molecule has 3 nitrogen and oxygen atoms in total. The number of likely N-dealkylation sites (tertiary alicyclic amines) is 1. The molecular weight excluding hydrogens is 315 g/mol. The quantitative estimate of drug-likeness (QED) is 0.895. The summed E-state index contributed by atoms with van der Waals surface area (Å²) in [5.74, 6) is 0.0279. The number of rotatable bonds is 5. The lowest BCUT2D eigenvalue weighted by Gasteiger charge is -2.32. The minimum Gasteiger partial charge on any atom is -0.349 e. The van der Waals surface area contributed by atoms with E-state index in [9.17, 15) is 9.18 Å². The topological polar surface area (TPSA) is 32.3 Å². The number of carbonyl (C=O) groups excluding carboxylic acids is 1. The van der Waals surface area contributed by atoms with Crippen LogP contribution in [0.1, 0.15) is 36.9 Å². The van der Waals surface area contributed by atoms with E-state index in [0.29, 0.717) is 0 Å². The monoisotopic (exact) mass is 340 g/mol. The van der Waals surface area contributed by atoms with Crippen molar-refractivity contribution in [2.75, 3.05) is 13.1 Å². The van der Waals surface area contributed by atoms with Crippen LogP contribution in [-0.4, -0.2) is 23.9 Å². The van der Waals surface area contributed by atoms with Crippen LogP contribution < -0.4 is 5.32 Å². The van der Waals surface area contributed by atoms with E-state index in [-0.39, 0.29) is 23.7 Å². The Morgan fingerprint density at radius 2 is 1.76 bits per heavy atom. The number of halogens is 1. The molecule has 4 heteroatoms. The summed E-state index contributed by atoms with van der Waals surface area (Å²) in [7, 11) is 0. The van der Waals surface area contributed by atoms with Gasteiger partial charge in [0.1, 0.15) is 5.82 Å². The van der Waals surface area contributed by atoms with Crippen molar-refractivity contribution in [2.24, 2.45) is 5.92 Å². The molecule has 132 valence electrons. The van der Waals surface area contributed by atoms with Crippen molar-refractivity contribution in [3.05, 3.63) is 71.5 Å². The molecule has 1 heterocycles. The number of nitrogens with zero attached hydrogens (tertiary/aromatic N) is 1. The van der Waals surface area contributed by atoms with Crippen LogP contribution in [0.25, 0.3) is 0 Å². The van der Waals surface area contributed by atoms with E-state index in [1.807, 2.05) is 49.4 Å². The zero-order valence-electron chi connectivity index (χ0n) is 14.6. The predicted octanol–water partition coefficient (Wildman–Crippen LogP) is 3.92. The molecule has 1 saturated heterocycles. The Morgan fingerprint density at radius 1 is 1.12 bits per heavy atom. The lowest BCUT2D eigenvalue weighted by molar-refractivity contribution is -0.127. The van der Waals surface area contributed by atoms with Gasteiger partial charge in [0.15, 0.2) is 0 Å². The Bertz CT molecular complexity index is 679. The Balaban J connectivity index is 1.46. The van der Waals surface area contributed by atoms with Crippen LogP contribution in [0.3, 0.4) is 0 Å². The lowest BCUT2D eigenvalue weighted by Crippen LogP contribution is -2.40. The fourth-order valence-electron chi connectivity index (χ4n) is 3.36. The summed E-state index contributed by atoms with van der Waals surface area (Å²) in [4.78, 5) is 14.8. The highest BCUT2D eigenvalue weighted by Gasteiger charge is 2.25. The van der Waals surface area contributed by atoms with E-state index >= 15 is 0 Å². The van der Waals surface area contributed by atoms with Gasteiger partial charge in [-0.05, 0) is 56.1 Å². The minimum atomic E-state index is -0.202. The third-order valence-electron chi connectivity index (χ3n) is 4.94. The van der Waals surface area contributed by atoms with E-state index < -0.39 is 0 Å². The molecule has 0 aliphatic carbocycles. The first kappa shape index (κ1) is 17.6. The van der Waals surface area contributed by atoms with Crippen LogP contribution in [0.2, 0.25) is 0 Å². The van der Waals surface area contributed by atoms with Crippen LogP contribution in [-0.2, 0) is 11.3 Å². The molecule has 1 aliphatic rings. The number of hydrogen-bond acceptors (Lipinski definition) is 2. The molecule has 0 unspecified atom stereocenters.